The van der Waals surface area contributed by atoms with Gasteiger partial charge in [-0.05, 0) is 36.2 Å². The lowest BCUT2D eigenvalue weighted by atomic mass is 10.1. The number of carbonyl (C=O) groups is 1. The molecule has 0 unspecified atom stereocenters. The van der Waals surface area contributed by atoms with Gasteiger partial charge in [-0.25, -0.2) is 0 Å². The molecule has 1 aliphatic heterocycles. The lowest BCUT2D eigenvalue weighted by Crippen LogP contribution is -2.33. The Hall–Kier alpha value is -3.73. The van der Waals surface area contributed by atoms with Crippen molar-refractivity contribution in [1.29, 1.82) is 0 Å². The van der Waals surface area contributed by atoms with E-state index in [1.165, 1.54) is 4.68 Å². The van der Waals surface area contributed by atoms with Crippen molar-refractivity contribution in [2.75, 3.05) is 11.4 Å². The van der Waals surface area contributed by atoms with Crippen LogP contribution in [0.5, 0.6) is 0 Å². The van der Waals surface area contributed by atoms with Gasteiger partial charge in [0, 0.05) is 17.6 Å². The maximum absolute atomic E-state index is 13.5. The van der Waals surface area contributed by atoms with E-state index < -0.39 is 0 Å². The van der Waals surface area contributed by atoms with Crippen molar-refractivity contribution < 1.29 is 4.79 Å². The molecule has 3 aromatic carbocycles. The number of hydrogen-bond donors (Lipinski definition) is 0. The third kappa shape index (κ3) is 2.52. The Morgan fingerprint density at radius 1 is 0.821 bits per heavy atom. The SMILES string of the molecule is O=C(c1nn(-c2ccccc2)c(=O)c2ccccc12)N1CCc2ccccc21. The monoisotopic (exact) mass is 367 g/mol. The van der Waals surface area contributed by atoms with Gasteiger partial charge in [-0.15, -0.1) is 0 Å². The molecule has 5 nitrogen and oxygen atoms in total. The quantitative estimate of drug-likeness (QED) is 0.544. The second-order valence-electron chi connectivity index (χ2n) is 6.78. The third-order valence-corrected chi connectivity index (χ3v) is 5.14. The van der Waals surface area contributed by atoms with Crippen molar-refractivity contribution in [2.45, 2.75) is 6.42 Å². The summed E-state index contributed by atoms with van der Waals surface area (Å²) >= 11 is 0. The van der Waals surface area contributed by atoms with Crippen LogP contribution in [-0.2, 0) is 6.42 Å². The van der Waals surface area contributed by atoms with Gasteiger partial charge in [-0.3, -0.25) is 9.59 Å². The predicted octanol–water partition coefficient (Wildman–Crippen LogP) is 3.59. The van der Waals surface area contributed by atoms with Crippen molar-refractivity contribution in [2.24, 2.45) is 0 Å². The van der Waals surface area contributed by atoms with Crippen LogP contribution in [-0.4, -0.2) is 22.2 Å². The fourth-order valence-electron chi connectivity index (χ4n) is 3.77. The average Bonchev–Trinajstić information content (AvgIpc) is 3.19. The third-order valence-electron chi connectivity index (χ3n) is 5.14. The average molecular weight is 367 g/mol. The summed E-state index contributed by atoms with van der Waals surface area (Å²) in [6.45, 7) is 0.610. The molecule has 28 heavy (non-hydrogen) atoms. The van der Waals surface area contributed by atoms with Gasteiger partial charge in [0.25, 0.3) is 11.5 Å². The maximum Gasteiger partial charge on any atom is 0.279 e. The summed E-state index contributed by atoms with van der Waals surface area (Å²) in [5.41, 5.74) is 2.75. The lowest BCUT2D eigenvalue weighted by molar-refractivity contribution is 0.0985. The number of para-hydroxylation sites is 2. The van der Waals surface area contributed by atoms with Crippen LogP contribution in [0.3, 0.4) is 0 Å². The molecule has 0 aliphatic carbocycles. The summed E-state index contributed by atoms with van der Waals surface area (Å²) in [7, 11) is 0. The molecule has 0 radical (unpaired) electrons. The topological polar surface area (TPSA) is 55.2 Å². The van der Waals surface area contributed by atoms with Gasteiger partial charge in [0.2, 0.25) is 0 Å². The smallest absolute Gasteiger partial charge is 0.279 e. The van der Waals surface area contributed by atoms with E-state index >= 15 is 0 Å². The van der Waals surface area contributed by atoms with Gasteiger partial charge in [0.1, 0.15) is 0 Å². The highest BCUT2D eigenvalue weighted by atomic mass is 16.2. The van der Waals surface area contributed by atoms with E-state index in [-0.39, 0.29) is 17.2 Å². The molecule has 0 N–H and O–H groups in total. The first kappa shape index (κ1) is 16.4. The number of rotatable bonds is 2. The summed E-state index contributed by atoms with van der Waals surface area (Å²) in [5, 5.41) is 5.56. The van der Waals surface area contributed by atoms with Crippen LogP contribution >= 0.6 is 0 Å². The zero-order valence-electron chi connectivity index (χ0n) is 15.1. The lowest BCUT2D eigenvalue weighted by Gasteiger charge is -2.18. The van der Waals surface area contributed by atoms with Gasteiger partial charge in [-0.2, -0.15) is 9.78 Å². The van der Waals surface area contributed by atoms with Crippen molar-refractivity contribution in [3.63, 3.8) is 0 Å². The van der Waals surface area contributed by atoms with Crippen LogP contribution in [0, 0.1) is 0 Å². The van der Waals surface area contributed by atoms with E-state index in [2.05, 4.69) is 5.10 Å². The summed E-state index contributed by atoms with van der Waals surface area (Å²) < 4.78 is 1.32. The molecule has 1 aliphatic rings. The fourth-order valence-corrected chi connectivity index (χ4v) is 3.77. The van der Waals surface area contributed by atoms with Crippen LogP contribution in [0.2, 0.25) is 0 Å². The molecule has 4 aromatic rings. The van der Waals surface area contributed by atoms with Gasteiger partial charge in [0.15, 0.2) is 5.69 Å². The van der Waals surface area contributed by atoms with Crippen LogP contribution < -0.4 is 10.5 Å². The molecule has 1 amide bonds. The highest BCUT2D eigenvalue weighted by molar-refractivity contribution is 6.13. The zero-order chi connectivity index (χ0) is 19.1. The molecule has 136 valence electrons. The standard InChI is InChI=1S/C23H17N3O2/c27-22-19-12-6-5-11-18(19)21(24-26(22)17-9-2-1-3-10-17)23(28)25-15-14-16-8-4-7-13-20(16)25/h1-13H,14-15H2. The van der Waals surface area contributed by atoms with Crippen LogP contribution in [0.15, 0.2) is 83.7 Å². The number of amides is 1. The Balaban J connectivity index is 1.73. The Kier molecular flexibility index (Phi) is 3.79. The van der Waals surface area contributed by atoms with E-state index in [9.17, 15) is 9.59 Å². The molecule has 0 fully saturated rings. The minimum absolute atomic E-state index is 0.189. The summed E-state index contributed by atoms with van der Waals surface area (Å²) in [5.74, 6) is -0.189. The van der Waals surface area contributed by atoms with Crippen LogP contribution in [0.4, 0.5) is 5.69 Å². The van der Waals surface area contributed by atoms with Crippen molar-refractivity contribution in [1.82, 2.24) is 9.78 Å². The highest BCUT2D eigenvalue weighted by Gasteiger charge is 2.28. The molecule has 2 heterocycles. The second-order valence-corrected chi connectivity index (χ2v) is 6.78. The van der Waals surface area contributed by atoms with Crippen molar-refractivity contribution in [3.8, 4) is 5.69 Å². The highest BCUT2D eigenvalue weighted by Crippen LogP contribution is 2.29. The Morgan fingerprint density at radius 2 is 1.50 bits per heavy atom. The van der Waals surface area contributed by atoms with Gasteiger partial charge in [0.05, 0.1) is 11.1 Å². The Labute approximate surface area is 161 Å². The molecule has 5 rings (SSSR count). The second kappa shape index (κ2) is 6.46. The predicted molar refractivity (Wildman–Crippen MR) is 109 cm³/mol. The van der Waals surface area contributed by atoms with E-state index in [1.54, 1.807) is 23.1 Å². The number of nitrogens with zero attached hydrogens (tertiary/aromatic N) is 3. The number of fused-ring (bicyclic) bond motifs is 2. The number of aromatic nitrogens is 2. The van der Waals surface area contributed by atoms with E-state index in [4.69, 9.17) is 0 Å². The van der Waals surface area contributed by atoms with Crippen molar-refractivity contribution in [3.05, 3.63) is 100 Å². The molecular formula is C23H17N3O2. The molecule has 1 aromatic heterocycles. The van der Waals surface area contributed by atoms with Crippen molar-refractivity contribution >= 4 is 22.4 Å². The Morgan fingerprint density at radius 3 is 2.32 bits per heavy atom. The molecular weight excluding hydrogens is 350 g/mol. The van der Waals surface area contributed by atoms with Gasteiger partial charge in [-0.1, -0.05) is 54.6 Å². The molecule has 0 bridgehead atoms. The first-order valence-electron chi connectivity index (χ1n) is 9.21. The molecule has 0 saturated heterocycles. The zero-order valence-corrected chi connectivity index (χ0v) is 15.1. The fraction of sp³-hybridized carbons (Fsp3) is 0.0870. The summed E-state index contributed by atoms with van der Waals surface area (Å²) in [6, 6.07) is 24.2. The summed E-state index contributed by atoms with van der Waals surface area (Å²) in [4.78, 5) is 28.2. The number of benzene rings is 3. The normalized spacial score (nSPS) is 12.9. The van der Waals surface area contributed by atoms with Gasteiger partial charge >= 0.3 is 0 Å². The van der Waals surface area contributed by atoms with Crippen LogP contribution in [0.1, 0.15) is 16.1 Å². The van der Waals surface area contributed by atoms with Gasteiger partial charge < -0.3 is 4.90 Å². The number of anilines is 1. The largest absolute Gasteiger partial charge is 0.306 e. The summed E-state index contributed by atoms with van der Waals surface area (Å²) in [6.07, 6.45) is 0.818. The van der Waals surface area contributed by atoms with E-state index in [1.807, 2.05) is 60.7 Å². The molecule has 0 spiro atoms. The Bertz CT molecular complexity index is 1260. The number of carbonyl (C=O) groups excluding carboxylic acids is 1. The molecule has 0 saturated carbocycles. The minimum Gasteiger partial charge on any atom is -0.306 e. The first-order chi connectivity index (χ1) is 13.7. The van der Waals surface area contributed by atoms with E-state index in [0.717, 1.165) is 17.7 Å². The van der Waals surface area contributed by atoms with E-state index in [0.29, 0.717) is 23.0 Å². The first-order valence-corrected chi connectivity index (χ1v) is 9.21. The number of hydrogen-bond acceptors (Lipinski definition) is 3. The molecule has 5 heteroatoms. The minimum atomic E-state index is -0.236. The van der Waals surface area contributed by atoms with Crippen LogP contribution in [0.25, 0.3) is 16.5 Å². The maximum atomic E-state index is 13.5. The molecule has 0 atom stereocenters.